The third-order valence-corrected chi connectivity index (χ3v) is 2.27. The Morgan fingerprint density at radius 3 is 2.65 bits per heavy atom. The van der Waals surface area contributed by atoms with Crippen molar-refractivity contribution in [2.45, 2.75) is 45.8 Å². The van der Waals surface area contributed by atoms with Crippen LogP contribution >= 0.6 is 0 Å². The largest absolute Gasteiger partial charge is 0.444 e. The Morgan fingerprint density at radius 1 is 1.40 bits per heavy atom. The second-order valence-corrected chi connectivity index (χ2v) is 5.49. The van der Waals surface area contributed by atoms with E-state index in [4.69, 9.17) is 4.74 Å². The highest BCUT2D eigenvalue weighted by molar-refractivity contribution is 5.68. The third-order valence-electron chi connectivity index (χ3n) is 2.27. The van der Waals surface area contributed by atoms with Crippen molar-refractivity contribution >= 4 is 11.9 Å². The molecule has 20 heavy (non-hydrogen) atoms. The summed E-state index contributed by atoms with van der Waals surface area (Å²) in [5.41, 5.74) is -0.508. The van der Waals surface area contributed by atoms with E-state index < -0.39 is 17.6 Å². The summed E-state index contributed by atoms with van der Waals surface area (Å²) < 4.78 is 17.7. The number of anilines is 1. The van der Waals surface area contributed by atoms with Crippen molar-refractivity contribution in [3.63, 3.8) is 0 Å². The topological polar surface area (TPSA) is 76.1 Å². The molecule has 0 aliphatic carbocycles. The van der Waals surface area contributed by atoms with Gasteiger partial charge in [0.2, 0.25) is 5.95 Å². The van der Waals surface area contributed by atoms with Gasteiger partial charge in [-0.2, -0.15) is 4.39 Å². The lowest BCUT2D eigenvalue weighted by Crippen LogP contribution is -2.38. The average Bonchev–Trinajstić information content (AvgIpc) is 2.29. The van der Waals surface area contributed by atoms with E-state index in [2.05, 4.69) is 20.6 Å². The van der Waals surface area contributed by atoms with Crippen LogP contribution in [-0.2, 0) is 4.74 Å². The van der Waals surface area contributed by atoms with Crippen molar-refractivity contribution in [1.82, 2.24) is 15.3 Å². The van der Waals surface area contributed by atoms with Crippen LogP contribution in [0.2, 0.25) is 0 Å². The monoisotopic (exact) mass is 284 g/mol. The standard InChI is InChI=1S/C13H21FN4O2/c1-9(18-12(19)20-13(2,3)4)5-6-15-11-8-16-10(14)7-17-11/h7-9H,5-6H2,1-4H3,(H,15,17)(H,18,19)/t9-/m1/s1. The van der Waals surface area contributed by atoms with Gasteiger partial charge in [0, 0.05) is 12.6 Å². The number of ether oxygens (including phenoxy) is 1. The van der Waals surface area contributed by atoms with Gasteiger partial charge >= 0.3 is 6.09 Å². The lowest BCUT2D eigenvalue weighted by Gasteiger charge is -2.22. The summed E-state index contributed by atoms with van der Waals surface area (Å²) in [6, 6.07) is -0.0502. The van der Waals surface area contributed by atoms with Crippen LogP contribution in [-0.4, -0.2) is 34.2 Å². The predicted octanol–water partition coefficient (Wildman–Crippen LogP) is 2.33. The lowest BCUT2D eigenvalue weighted by atomic mass is 10.2. The number of amides is 1. The first-order chi connectivity index (χ1) is 9.26. The molecule has 0 aromatic carbocycles. The highest BCUT2D eigenvalue weighted by Crippen LogP contribution is 2.07. The molecule has 0 aliphatic rings. The zero-order valence-electron chi connectivity index (χ0n) is 12.2. The van der Waals surface area contributed by atoms with Crippen LogP contribution in [0, 0.1) is 5.95 Å². The maximum absolute atomic E-state index is 12.6. The molecule has 0 bridgehead atoms. The highest BCUT2D eigenvalue weighted by atomic mass is 19.1. The van der Waals surface area contributed by atoms with Crippen LogP contribution in [0.1, 0.15) is 34.1 Å². The van der Waals surface area contributed by atoms with Gasteiger partial charge in [0.15, 0.2) is 0 Å². The van der Waals surface area contributed by atoms with Gasteiger partial charge in [-0.25, -0.2) is 14.8 Å². The predicted molar refractivity (Wildman–Crippen MR) is 73.9 cm³/mol. The van der Waals surface area contributed by atoms with E-state index >= 15 is 0 Å². The summed E-state index contributed by atoms with van der Waals surface area (Å²) in [4.78, 5) is 18.8. The molecule has 1 aromatic heterocycles. The van der Waals surface area contributed by atoms with Crippen LogP contribution in [0.25, 0.3) is 0 Å². The number of hydrogen-bond donors (Lipinski definition) is 2. The summed E-state index contributed by atoms with van der Waals surface area (Å²) in [6.45, 7) is 7.89. The van der Waals surface area contributed by atoms with Crippen LogP contribution in [0.5, 0.6) is 0 Å². The number of halogens is 1. The van der Waals surface area contributed by atoms with E-state index in [1.165, 1.54) is 6.20 Å². The number of carbonyl (C=O) groups excluding carboxylic acids is 1. The number of rotatable bonds is 5. The fourth-order valence-electron chi connectivity index (χ4n) is 1.40. The molecule has 6 nitrogen and oxygen atoms in total. The van der Waals surface area contributed by atoms with Gasteiger partial charge in [0.25, 0.3) is 0 Å². The van der Waals surface area contributed by atoms with E-state index in [0.29, 0.717) is 18.8 Å². The van der Waals surface area contributed by atoms with Gasteiger partial charge < -0.3 is 15.4 Å². The number of alkyl carbamates (subject to hydrolysis) is 1. The smallest absolute Gasteiger partial charge is 0.407 e. The molecule has 0 saturated heterocycles. The molecule has 0 fully saturated rings. The first-order valence-electron chi connectivity index (χ1n) is 6.47. The second-order valence-electron chi connectivity index (χ2n) is 5.49. The zero-order chi connectivity index (χ0) is 15.2. The highest BCUT2D eigenvalue weighted by Gasteiger charge is 2.17. The molecule has 0 radical (unpaired) electrons. The number of nitrogens with one attached hydrogen (secondary N) is 2. The molecule has 1 atom stereocenters. The molecule has 0 aliphatic heterocycles. The molecule has 1 amide bonds. The Hall–Kier alpha value is -1.92. The summed E-state index contributed by atoms with van der Waals surface area (Å²) in [5.74, 6) is -0.119. The summed E-state index contributed by atoms with van der Waals surface area (Å²) in [6.07, 6.45) is 2.61. The number of nitrogens with zero attached hydrogens (tertiary/aromatic N) is 2. The number of aromatic nitrogens is 2. The minimum Gasteiger partial charge on any atom is -0.444 e. The minimum absolute atomic E-state index is 0.0502. The first kappa shape index (κ1) is 16.1. The van der Waals surface area contributed by atoms with Gasteiger partial charge in [-0.05, 0) is 34.1 Å². The minimum atomic E-state index is -0.615. The quantitative estimate of drug-likeness (QED) is 0.868. The van der Waals surface area contributed by atoms with Crippen molar-refractivity contribution in [3.05, 3.63) is 18.3 Å². The van der Waals surface area contributed by atoms with Gasteiger partial charge in [0.05, 0.1) is 12.4 Å². The van der Waals surface area contributed by atoms with Gasteiger partial charge in [0.1, 0.15) is 11.4 Å². The van der Waals surface area contributed by atoms with E-state index in [9.17, 15) is 9.18 Å². The molecule has 1 heterocycles. The van der Waals surface area contributed by atoms with Crippen molar-refractivity contribution < 1.29 is 13.9 Å². The zero-order valence-corrected chi connectivity index (χ0v) is 12.2. The molecule has 0 spiro atoms. The molecule has 0 unspecified atom stereocenters. The molecule has 7 heteroatoms. The number of hydrogen-bond acceptors (Lipinski definition) is 5. The van der Waals surface area contributed by atoms with E-state index in [1.54, 1.807) is 0 Å². The van der Waals surface area contributed by atoms with Crippen LogP contribution < -0.4 is 10.6 Å². The molecule has 112 valence electrons. The summed E-state index contributed by atoms with van der Waals surface area (Å²) in [7, 11) is 0. The Bertz CT molecular complexity index is 431. The summed E-state index contributed by atoms with van der Waals surface area (Å²) >= 11 is 0. The van der Waals surface area contributed by atoms with Gasteiger partial charge in [-0.3, -0.25) is 0 Å². The molecule has 1 aromatic rings. The SMILES string of the molecule is C[C@H](CCNc1cnc(F)cn1)NC(=O)OC(C)(C)C. The fourth-order valence-corrected chi connectivity index (χ4v) is 1.40. The summed E-state index contributed by atoms with van der Waals surface area (Å²) in [5, 5.41) is 5.73. The lowest BCUT2D eigenvalue weighted by molar-refractivity contribution is 0.0507. The van der Waals surface area contributed by atoms with E-state index in [1.807, 2.05) is 27.7 Å². The van der Waals surface area contributed by atoms with Crippen molar-refractivity contribution in [1.29, 1.82) is 0 Å². The molecule has 0 saturated carbocycles. The molecular weight excluding hydrogens is 263 g/mol. The average molecular weight is 284 g/mol. The fraction of sp³-hybridized carbons (Fsp3) is 0.615. The maximum atomic E-state index is 12.6. The first-order valence-corrected chi connectivity index (χ1v) is 6.47. The second kappa shape index (κ2) is 7.02. The van der Waals surface area contributed by atoms with Crippen LogP contribution in [0.4, 0.5) is 15.0 Å². The molecular formula is C13H21FN4O2. The van der Waals surface area contributed by atoms with Crippen molar-refractivity contribution in [3.8, 4) is 0 Å². The Balaban J connectivity index is 2.24. The Labute approximate surface area is 118 Å². The van der Waals surface area contributed by atoms with E-state index in [-0.39, 0.29) is 6.04 Å². The van der Waals surface area contributed by atoms with Gasteiger partial charge in [-0.15, -0.1) is 0 Å². The maximum Gasteiger partial charge on any atom is 0.407 e. The Morgan fingerprint density at radius 2 is 2.10 bits per heavy atom. The Kier molecular flexibility index (Phi) is 5.66. The number of carbonyl (C=O) groups is 1. The van der Waals surface area contributed by atoms with Crippen LogP contribution in [0.3, 0.4) is 0 Å². The third kappa shape index (κ3) is 6.86. The molecule has 2 N–H and O–H groups in total. The van der Waals surface area contributed by atoms with Crippen molar-refractivity contribution in [2.24, 2.45) is 0 Å². The normalized spacial score (nSPS) is 12.7. The van der Waals surface area contributed by atoms with Gasteiger partial charge in [-0.1, -0.05) is 0 Å². The van der Waals surface area contributed by atoms with Crippen LogP contribution in [0.15, 0.2) is 12.4 Å². The molecule has 1 rings (SSSR count). The van der Waals surface area contributed by atoms with Crippen molar-refractivity contribution in [2.75, 3.05) is 11.9 Å². The van der Waals surface area contributed by atoms with E-state index in [0.717, 1.165) is 6.20 Å².